The highest BCUT2D eigenvalue weighted by Crippen LogP contribution is 2.65. The summed E-state index contributed by atoms with van der Waals surface area (Å²) in [6, 6.07) is 5.67. The largest absolute Gasteiger partial charge is 0.573 e. The topological polar surface area (TPSA) is 98.5 Å². The monoisotopic (exact) mass is 554 g/mol. The van der Waals surface area contributed by atoms with Gasteiger partial charge in [-0.2, -0.15) is 5.10 Å². The first-order chi connectivity index (χ1) is 17.4. The lowest BCUT2D eigenvalue weighted by Crippen LogP contribution is -2.79. The fourth-order valence-corrected chi connectivity index (χ4v) is 5.84. The average Bonchev–Trinajstić information content (AvgIpc) is 3.25. The average molecular weight is 555 g/mol. The molecule has 0 unspecified atom stereocenters. The number of alkyl halides is 3. The number of aromatic nitrogens is 3. The van der Waals surface area contributed by atoms with E-state index in [1.54, 1.807) is 18.5 Å². The molecule has 3 aromatic rings. The number of nitrogens with one attached hydrogen (secondary N) is 1. The first kappa shape index (κ1) is 24.3. The van der Waals surface area contributed by atoms with Gasteiger partial charge in [0.1, 0.15) is 11.5 Å². The van der Waals surface area contributed by atoms with E-state index in [0.717, 1.165) is 6.20 Å². The molecule has 3 saturated carbocycles. The van der Waals surface area contributed by atoms with Crippen molar-refractivity contribution >= 4 is 29.1 Å². The second-order valence-electron chi connectivity index (χ2n) is 9.79. The molecule has 1 aromatic carbocycles. The van der Waals surface area contributed by atoms with Crippen molar-refractivity contribution in [3.63, 3.8) is 0 Å². The van der Waals surface area contributed by atoms with E-state index >= 15 is 0 Å². The Labute approximate surface area is 218 Å². The molecule has 1 amide bonds. The highest BCUT2D eigenvalue weighted by Gasteiger charge is 2.70. The van der Waals surface area contributed by atoms with Crippen molar-refractivity contribution in [3.05, 3.63) is 58.5 Å². The molecule has 2 aromatic heterocycles. The van der Waals surface area contributed by atoms with E-state index in [9.17, 15) is 23.1 Å². The Kier molecular flexibility index (Phi) is 5.42. The molecule has 3 aliphatic carbocycles. The maximum Gasteiger partial charge on any atom is 0.573 e. The van der Waals surface area contributed by atoms with Crippen LogP contribution in [0.15, 0.2) is 42.9 Å². The predicted molar refractivity (Wildman–Crippen MR) is 125 cm³/mol. The summed E-state index contributed by atoms with van der Waals surface area (Å²) in [5, 5.41) is 18.6. The van der Waals surface area contributed by atoms with Crippen LogP contribution in [0.1, 0.15) is 37.4 Å². The van der Waals surface area contributed by atoms with E-state index in [-0.39, 0.29) is 28.4 Å². The summed E-state index contributed by atoms with van der Waals surface area (Å²) in [6.07, 6.45) is -0.0239. The SMILES string of the molecule is O=C(NC12CC(n3cc(-c4ccc(OC(F)(F)F)cn4)cn3)(C1)C2)[C@H]1C[C@@H](O)c2cc(Cl)c(Cl)cc2O1. The van der Waals surface area contributed by atoms with E-state index in [1.165, 1.54) is 18.2 Å². The van der Waals surface area contributed by atoms with Gasteiger partial charge in [0.25, 0.3) is 5.91 Å². The maximum atomic E-state index is 13.0. The second kappa shape index (κ2) is 8.24. The summed E-state index contributed by atoms with van der Waals surface area (Å²) in [6.45, 7) is 0. The number of benzene rings is 1. The third kappa shape index (κ3) is 4.28. The zero-order valence-electron chi connectivity index (χ0n) is 18.9. The second-order valence-corrected chi connectivity index (χ2v) is 10.6. The molecule has 37 heavy (non-hydrogen) atoms. The summed E-state index contributed by atoms with van der Waals surface area (Å²) in [5.74, 6) is -0.376. The fourth-order valence-electron chi connectivity index (χ4n) is 5.51. The Hall–Kier alpha value is -3.02. The molecule has 0 spiro atoms. The molecule has 4 aliphatic rings. The molecule has 13 heteroatoms. The van der Waals surface area contributed by atoms with Crippen LogP contribution in [0.25, 0.3) is 11.3 Å². The molecule has 1 aliphatic heterocycles. The molecular weight excluding hydrogens is 536 g/mol. The minimum absolute atomic E-state index is 0.0976. The summed E-state index contributed by atoms with van der Waals surface area (Å²) in [4.78, 5) is 17.0. The number of halogens is 5. The normalized spacial score (nSPS) is 27.8. The molecule has 2 bridgehead atoms. The Bertz CT molecular complexity index is 1380. The molecule has 194 valence electrons. The summed E-state index contributed by atoms with van der Waals surface area (Å²) >= 11 is 12.1. The quantitative estimate of drug-likeness (QED) is 0.471. The highest BCUT2D eigenvalue weighted by molar-refractivity contribution is 6.42. The van der Waals surface area contributed by atoms with E-state index in [1.807, 2.05) is 4.68 Å². The minimum Gasteiger partial charge on any atom is -0.480 e. The number of aliphatic hydroxyl groups excluding tert-OH is 1. The van der Waals surface area contributed by atoms with E-state index in [2.05, 4.69) is 20.1 Å². The van der Waals surface area contributed by atoms with Crippen molar-refractivity contribution in [3.8, 4) is 22.8 Å². The third-order valence-electron chi connectivity index (χ3n) is 7.14. The van der Waals surface area contributed by atoms with Crippen LogP contribution in [-0.2, 0) is 10.3 Å². The predicted octanol–water partition coefficient (Wildman–Crippen LogP) is 4.78. The number of rotatable bonds is 5. The van der Waals surface area contributed by atoms with Crippen molar-refractivity contribution in [1.29, 1.82) is 0 Å². The Morgan fingerprint density at radius 3 is 2.59 bits per heavy atom. The Morgan fingerprint density at radius 1 is 1.19 bits per heavy atom. The lowest BCUT2D eigenvalue weighted by Gasteiger charge is -2.70. The van der Waals surface area contributed by atoms with Crippen molar-refractivity contribution in [2.24, 2.45) is 0 Å². The van der Waals surface area contributed by atoms with Gasteiger partial charge in [-0.25, -0.2) is 0 Å². The van der Waals surface area contributed by atoms with Crippen LogP contribution in [0, 0.1) is 0 Å². The first-order valence-electron chi connectivity index (χ1n) is 11.4. The van der Waals surface area contributed by atoms with Gasteiger partial charge in [-0.05, 0) is 37.5 Å². The van der Waals surface area contributed by atoms with Crippen LogP contribution in [0.4, 0.5) is 13.2 Å². The van der Waals surface area contributed by atoms with Crippen LogP contribution >= 0.6 is 23.2 Å². The molecular formula is C24H19Cl2F3N4O4. The number of fused-ring (bicyclic) bond motifs is 1. The number of hydrogen-bond acceptors (Lipinski definition) is 6. The molecule has 8 nitrogen and oxygen atoms in total. The number of ether oxygens (including phenoxy) is 2. The smallest absolute Gasteiger partial charge is 0.480 e. The minimum atomic E-state index is -4.78. The number of carbonyl (C=O) groups is 1. The van der Waals surface area contributed by atoms with Crippen LogP contribution in [-0.4, -0.2) is 43.8 Å². The highest BCUT2D eigenvalue weighted by atomic mass is 35.5. The summed E-state index contributed by atoms with van der Waals surface area (Å²) in [5.41, 5.74) is 1.00. The van der Waals surface area contributed by atoms with Gasteiger partial charge in [-0.1, -0.05) is 23.2 Å². The van der Waals surface area contributed by atoms with E-state index < -0.39 is 24.3 Å². The molecule has 2 atom stereocenters. The lowest BCUT2D eigenvalue weighted by molar-refractivity contribution is -0.274. The number of amides is 1. The molecule has 2 N–H and O–H groups in total. The van der Waals surface area contributed by atoms with Gasteiger partial charge in [-0.3, -0.25) is 14.5 Å². The number of carbonyl (C=O) groups excluding carboxylic acids is 1. The number of nitrogens with zero attached hydrogens (tertiary/aromatic N) is 3. The molecule has 7 rings (SSSR count). The summed E-state index contributed by atoms with van der Waals surface area (Å²) < 4.78 is 48.5. The van der Waals surface area contributed by atoms with Gasteiger partial charge in [0.05, 0.1) is 39.8 Å². The van der Waals surface area contributed by atoms with Crippen LogP contribution in [0.3, 0.4) is 0 Å². The van der Waals surface area contributed by atoms with Gasteiger partial charge < -0.3 is 19.9 Å². The van der Waals surface area contributed by atoms with Crippen molar-refractivity contribution in [2.75, 3.05) is 0 Å². The van der Waals surface area contributed by atoms with E-state index in [0.29, 0.717) is 46.9 Å². The summed E-state index contributed by atoms with van der Waals surface area (Å²) in [7, 11) is 0. The number of pyridine rings is 1. The van der Waals surface area contributed by atoms with Crippen molar-refractivity contribution in [2.45, 2.75) is 55.3 Å². The fraction of sp³-hybridized carbons (Fsp3) is 0.375. The van der Waals surface area contributed by atoms with Crippen LogP contribution in [0.2, 0.25) is 10.0 Å². The maximum absolute atomic E-state index is 13.0. The molecule has 3 heterocycles. The van der Waals surface area contributed by atoms with Gasteiger partial charge in [0.2, 0.25) is 0 Å². The zero-order chi connectivity index (χ0) is 26.2. The third-order valence-corrected chi connectivity index (χ3v) is 7.86. The van der Waals surface area contributed by atoms with Crippen LogP contribution in [0.5, 0.6) is 11.5 Å². The number of hydrogen-bond donors (Lipinski definition) is 2. The Balaban J connectivity index is 1.08. The Morgan fingerprint density at radius 2 is 1.92 bits per heavy atom. The zero-order valence-corrected chi connectivity index (χ0v) is 20.4. The van der Waals surface area contributed by atoms with Crippen molar-refractivity contribution in [1.82, 2.24) is 20.1 Å². The lowest BCUT2D eigenvalue weighted by atomic mass is 9.44. The molecule has 0 radical (unpaired) electrons. The molecule has 0 saturated heterocycles. The van der Waals surface area contributed by atoms with E-state index in [4.69, 9.17) is 27.9 Å². The van der Waals surface area contributed by atoms with Crippen molar-refractivity contribution < 1.29 is 32.5 Å². The number of aliphatic hydroxyl groups is 1. The van der Waals surface area contributed by atoms with Gasteiger partial charge >= 0.3 is 6.36 Å². The van der Waals surface area contributed by atoms with Crippen LogP contribution < -0.4 is 14.8 Å². The first-order valence-corrected chi connectivity index (χ1v) is 12.1. The molecule has 3 fully saturated rings. The standard InChI is InChI=1S/C24H19Cl2F3N4O4/c25-15-3-14-18(34)5-20(36-19(14)4-16(15)26)21(35)32-22-9-23(10-22,11-22)33-8-12(6-31-33)17-2-1-13(7-30-17)37-24(27,28)29/h1-4,6-8,18,20,34H,5,9-11H2,(H,32,35)/t18-,20-,22?,23?/m1/s1. The van der Waals surface area contributed by atoms with Gasteiger partial charge in [-0.15, -0.1) is 13.2 Å². The van der Waals surface area contributed by atoms with Gasteiger partial charge in [0.15, 0.2) is 6.10 Å². The van der Waals surface area contributed by atoms with Gasteiger partial charge in [0, 0.05) is 35.3 Å².